The first kappa shape index (κ1) is 11.4. The van der Waals surface area contributed by atoms with Crippen molar-refractivity contribution in [3.8, 4) is 5.69 Å². The summed E-state index contributed by atoms with van der Waals surface area (Å²) in [7, 11) is 0. The number of nitrogen functional groups attached to an aromatic ring is 1. The number of pyridine rings is 1. The quantitative estimate of drug-likeness (QED) is 0.819. The van der Waals surface area contributed by atoms with Crippen molar-refractivity contribution in [3.05, 3.63) is 24.5 Å². The van der Waals surface area contributed by atoms with Crippen LogP contribution in [0.2, 0.25) is 0 Å². The maximum atomic E-state index is 5.82. The zero-order chi connectivity index (χ0) is 12.5. The van der Waals surface area contributed by atoms with Crippen molar-refractivity contribution < 1.29 is 0 Å². The van der Waals surface area contributed by atoms with Crippen molar-refractivity contribution in [2.24, 2.45) is 0 Å². The molecule has 17 heavy (non-hydrogen) atoms. The summed E-state index contributed by atoms with van der Waals surface area (Å²) in [6, 6.07) is 3.65. The Bertz CT molecular complexity index is 496. The number of hydrogen-bond acceptors (Lipinski definition) is 5. The Kier molecular flexibility index (Phi) is 2.71. The monoisotopic (exact) mass is 232 g/mol. The molecule has 90 valence electrons. The highest BCUT2D eigenvalue weighted by Crippen LogP contribution is 2.15. The van der Waals surface area contributed by atoms with Gasteiger partial charge in [-0.2, -0.15) is 9.67 Å². The molecular weight excluding hydrogens is 216 g/mol. The average Bonchev–Trinajstić information content (AvgIpc) is 2.58. The van der Waals surface area contributed by atoms with Crippen LogP contribution in [-0.2, 0) is 0 Å². The molecule has 0 radical (unpaired) electrons. The lowest BCUT2D eigenvalue weighted by Crippen LogP contribution is -2.26. The highest BCUT2D eigenvalue weighted by atomic mass is 15.4. The number of aromatic nitrogens is 4. The van der Waals surface area contributed by atoms with E-state index in [1.165, 1.54) is 0 Å². The maximum Gasteiger partial charge on any atom is 0.244 e. The summed E-state index contributed by atoms with van der Waals surface area (Å²) >= 11 is 0. The molecule has 0 unspecified atom stereocenters. The first-order valence-corrected chi connectivity index (χ1v) is 5.37. The summed E-state index contributed by atoms with van der Waals surface area (Å²) in [5, 5.41) is 7.48. The molecule has 2 rings (SSSR count). The molecular formula is C11H16N6. The maximum absolute atomic E-state index is 5.82. The van der Waals surface area contributed by atoms with E-state index in [-0.39, 0.29) is 5.54 Å². The molecule has 2 aromatic rings. The van der Waals surface area contributed by atoms with Gasteiger partial charge in [0.2, 0.25) is 11.9 Å². The molecule has 0 saturated carbocycles. The van der Waals surface area contributed by atoms with Crippen LogP contribution in [-0.4, -0.2) is 25.3 Å². The number of nitrogens with one attached hydrogen (secondary N) is 1. The molecule has 0 atom stereocenters. The standard InChI is InChI=1S/C11H16N6/c1-11(2,3)15-10-14-9(12)17(16-10)8-4-6-13-7-5-8/h4-7H,1-3H3,(H3,12,14,15,16). The van der Waals surface area contributed by atoms with Crippen molar-refractivity contribution in [2.75, 3.05) is 11.1 Å². The lowest BCUT2D eigenvalue weighted by molar-refractivity contribution is 0.625. The van der Waals surface area contributed by atoms with E-state index in [4.69, 9.17) is 5.73 Å². The van der Waals surface area contributed by atoms with Crippen molar-refractivity contribution in [1.82, 2.24) is 19.7 Å². The topological polar surface area (TPSA) is 81.6 Å². The Balaban J connectivity index is 2.32. The number of hydrogen-bond donors (Lipinski definition) is 2. The third kappa shape index (κ3) is 2.72. The molecule has 3 N–H and O–H groups in total. The van der Waals surface area contributed by atoms with Gasteiger partial charge in [0, 0.05) is 17.9 Å². The zero-order valence-corrected chi connectivity index (χ0v) is 10.2. The van der Waals surface area contributed by atoms with Crippen LogP contribution in [0.5, 0.6) is 0 Å². The van der Waals surface area contributed by atoms with Crippen molar-refractivity contribution in [2.45, 2.75) is 26.3 Å². The van der Waals surface area contributed by atoms with Crippen LogP contribution in [0.25, 0.3) is 5.69 Å². The second-order valence-corrected chi connectivity index (χ2v) is 4.79. The van der Waals surface area contributed by atoms with E-state index in [0.29, 0.717) is 11.9 Å². The minimum Gasteiger partial charge on any atom is -0.368 e. The zero-order valence-electron chi connectivity index (χ0n) is 10.2. The van der Waals surface area contributed by atoms with Crippen LogP contribution in [0.15, 0.2) is 24.5 Å². The lowest BCUT2D eigenvalue weighted by atomic mass is 10.1. The Hall–Kier alpha value is -2.11. The number of anilines is 2. The van der Waals surface area contributed by atoms with E-state index in [2.05, 4.69) is 20.4 Å². The third-order valence-corrected chi connectivity index (χ3v) is 2.03. The van der Waals surface area contributed by atoms with Gasteiger partial charge in [0.15, 0.2) is 0 Å². The molecule has 0 fully saturated rings. The van der Waals surface area contributed by atoms with Crippen LogP contribution >= 0.6 is 0 Å². The predicted molar refractivity (Wildman–Crippen MR) is 66.9 cm³/mol. The Morgan fingerprint density at radius 2 is 1.88 bits per heavy atom. The van der Waals surface area contributed by atoms with Gasteiger partial charge in [-0.15, -0.1) is 5.10 Å². The summed E-state index contributed by atoms with van der Waals surface area (Å²) < 4.78 is 1.58. The van der Waals surface area contributed by atoms with E-state index < -0.39 is 0 Å². The van der Waals surface area contributed by atoms with Gasteiger partial charge in [-0.3, -0.25) is 4.98 Å². The smallest absolute Gasteiger partial charge is 0.244 e. The molecule has 2 heterocycles. The first-order chi connectivity index (χ1) is 7.96. The highest BCUT2D eigenvalue weighted by Gasteiger charge is 2.14. The second kappa shape index (κ2) is 4.04. The molecule has 2 aromatic heterocycles. The highest BCUT2D eigenvalue weighted by molar-refractivity contribution is 5.41. The van der Waals surface area contributed by atoms with Crippen molar-refractivity contribution in [3.63, 3.8) is 0 Å². The Labute approximate surface area is 99.9 Å². The van der Waals surface area contributed by atoms with E-state index in [9.17, 15) is 0 Å². The van der Waals surface area contributed by atoms with Gasteiger partial charge in [0.05, 0.1) is 5.69 Å². The average molecular weight is 232 g/mol. The summed E-state index contributed by atoms with van der Waals surface area (Å²) in [6.45, 7) is 6.11. The molecule has 6 nitrogen and oxygen atoms in total. The fourth-order valence-corrected chi connectivity index (χ4v) is 1.39. The van der Waals surface area contributed by atoms with Gasteiger partial charge in [-0.1, -0.05) is 0 Å². The summed E-state index contributed by atoms with van der Waals surface area (Å²) in [5.41, 5.74) is 6.56. The molecule has 0 spiro atoms. The van der Waals surface area contributed by atoms with Gasteiger partial charge in [-0.25, -0.2) is 0 Å². The molecule has 0 amide bonds. The number of nitrogens with zero attached hydrogens (tertiary/aromatic N) is 4. The van der Waals surface area contributed by atoms with Crippen LogP contribution < -0.4 is 11.1 Å². The van der Waals surface area contributed by atoms with Crippen LogP contribution in [0, 0.1) is 0 Å². The fourth-order valence-electron chi connectivity index (χ4n) is 1.39. The number of nitrogens with two attached hydrogens (primary N) is 1. The van der Waals surface area contributed by atoms with Crippen LogP contribution in [0.4, 0.5) is 11.9 Å². The van der Waals surface area contributed by atoms with E-state index in [1.807, 2.05) is 32.9 Å². The van der Waals surface area contributed by atoms with E-state index in [0.717, 1.165) is 5.69 Å². The largest absolute Gasteiger partial charge is 0.368 e. The second-order valence-electron chi connectivity index (χ2n) is 4.79. The Morgan fingerprint density at radius 3 is 2.47 bits per heavy atom. The van der Waals surface area contributed by atoms with Crippen molar-refractivity contribution in [1.29, 1.82) is 0 Å². The van der Waals surface area contributed by atoms with E-state index in [1.54, 1.807) is 17.1 Å². The van der Waals surface area contributed by atoms with E-state index >= 15 is 0 Å². The van der Waals surface area contributed by atoms with Gasteiger partial charge in [-0.05, 0) is 32.9 Å². The summed E-state index contributed by atoms with van der Waals surface area (Å²) in [6.07, 6.45) is 3.38. The van der Waals surface area contributed by atoms with Crippen LogP contribution in [0.1, 0.15) is 20.8 Å². The third-order valence-electron chi connectivity index (χ3n) is 2.03. The molecule has 0 aliphatic rings. The molecule has 0 bridgehead atoms. The molecule has 0 aliphatic carbocycles. The Morgan fingerprint density at radius 1 is 1.24 bits per heavy atom. The minimum absolute atomic E-state index is 0.100. The fraction of sp³-hybridized carbons (Fsp3) is 0.364. The predicted octanol–water partition coefficient (Wildman–Crippen LogP) is 1.45. The van der Waals surface area contributed by atoms with Crippen molar-refractivity contribution >= 4 is 11.9 Å². The van der Waals surface area contributed by atoms with Gasteiger partial charge < -0.3 is 11.1 Å². The first-order valence-electron chi connectivity index (χ1n) is 5.37. The molecule has 0 saturated heterocycles. The van der Waals surface area contributed by atoms with Gasteiger partial charge in [0.25, 0.3) is 0 Å². The summed E-state index contributed by atoms with van der Waals surface area (Å²) in [5.74, 6) is 0.870. The molecule has 6 heteroatoms. The summed E-state index contributed by atoms with van der Waals surface area (Å²) in [4.78, 5) is 8.12. The van der Waals surface area contributed by atoms with Gasteiger partial charge >= 0.3 is 0 Å². The lowest BCUT2D eigenvalue weighted by Gasteiger charge is -2.18. The number of rotatable bonds is 2. The molecule has 0 aromatic carbocycles. The van der Waals surface area contributed by atoms with Crippen LogP contribution in [0.3, 0.4) is 0 Å². The normalized spacial score (nSPS) is 11.5. The SMILES string of the molecule is CC(C)(C)Nc1nc(N)n(-c2ccncc2)n1. The minimum atomic E-state index is -0.100. The molecule has 0 aliphatic heterocycles. The van der Waals surface area contributed by atoms with Gasteiger partial charge in [0.1, 0.15) is 0 Å².